The number of hydrogen-bond donors (Lipinski definition) is 0. The van der Waals surface area contributed by atoms with E-state index in [4.69, 9.17) is 0 Å². The summed E-state index contributed by atoms with van der Waals surface area (Å²) in [6, 6.07) is 44.5. The van der Waals surface area contributed by atoms with Gasteiger partial charge >= 0.3 is 99.2 Å². The average molecular weight is 685 g/mol. The fraction of sp³-hybridized carbons (Fsp3) is 0.250. The summed E-state index contributed by atoms with van der Waals surface area (Å²) in [4.78, 5) is 0. The molecule has 0 N–H and O–H groups in total. The Morgan fingerprint density at radius 2 is 1.26 bits per heavy atom. The Bertz CT molecular complexity index is 1470. The fourth-order valence-electron chi connectivity index (χ4n) is 4.87. The van der Waals surface area contributed by atoms with Crippen molar-refractivity contribution >= 4 is 3.21 Å². The molecule has 0 unspecified atom stereocenters. The molecule has 0 radical (unpaired) electrons. The summed E-state index contributed by atoms with van der Waals surface area (Å²) in [5.41, 5.74) is 12.7. The first kappa shape index (κ1) is 36.8. The molecule has 0 amide bonds. The predicted octanol–water partition coefficient (Wildman–Crippen LogP) is 4.18. The van der Waals surface area contributed by atoms with E-state index in [0.29, 0.717) is 0 Å². The molecule has 3 heteroatoms. The van der Waals surface area contributed by atoms with Gasteiger partial charge in [0.25, 0.3) is 0 Å². The number of rotatable bonds is 2. The van der Waals surface area contributed by atoms with Gasteiger partial charge in [0.15, 0.2) is 0 Å². The van der Waals surface area contributed by atoms with Gasteiger partial charge in [-0.2, -0.15) is 42.0 Å². The number of fused-ring (bicyclic) bond motifs is 3. The molecule has 6 rings (SSSR count). The van der Waals surface area contributed by atoms with Crippen LogP contribution in [0.15, 0.2) is 115 Å². The van der Waals surface area contributed by atoms with E-state index in [2.05, 4.69) is 158 Å². The molecule has 0 aromatic heterocycles. The predicted molar refractivity (Wildman–Crippen MR) is 174 cm³/mol. The van der Waals surface area contributed by atoms with Crippen LogP contribution in [0.25, 0.3) is 11.1 Å². The Morgan fingerprint density at radius 3 is 1.70 bits per heavy atom. The molecule has 0 saturated heterocycles. The van der Waals surface area contributed by atoms with Crippen molar-refractivity contribution in [2.75, 3.05) is 0 Å². The van der Waals surface area contributed by atoms with Gasteiger partial charge in [-0.05, 0) is 28.4 Å². The van der Waals surface area contributed by atoms with Gasteiger partial charge in [-0.25, -0.2) is 11.6 Å². The van der Waals surface area contributed by atoms with Crippen LogP contribution >= 0.6 is 0 Å². The number of hydrogen-bond acceptors (Lipinski definition) is 0. The van der Waals surface area contributed by atoms with Crippen LogP contribution in [0.4, 0.5) is 0 Å². The van der Waals surface area contributed by atoms with E-state index in [1.807, 2.05) is 12.1 Å². The summed E-state index contributed by atoms with van der Waals surface area (Å²) in [5.74, 6) is 0. The van der Waals surface area contributed by atoms with Crippen molar-refractivity contribution in [1.82, 2.24) is 0 Å². The van der Waals surface area contributed by atoms with Crippen molar-refractivity contribution in [3.8, 4) is 11.1 Å². The summed E-state index contributed by atoms with van der Waals surface area (Å²) in [5, 5.41) is 0. The molecule has 5 aromatic carbocycles. The maximum absolute atomic E-state index is 3.67. The Labute approximate surface area is 287 Å². The zero-order valence-corrected chi connectivity index (χ0v) is 30.4. The normalized spacial score (nSPS) is 11.3. The topological polar surface area (TPSA) is 0 Å². The minimum atomic E-state index is 0. The molecule has 1 aliphatic carbocycles. The van der Waals surface area contributed by atoms with Gasteiger partial charge < -0.3 is 24.8 Å². The van der Waals surface area contributed by atoms with Crippen LogP contribution in [-0.2, 0) is 41.5 Å². The summed E-state index contributed by atoms with van der Waals surface area (Å²) in [6.07, 6.45) is 1.03. The van der Waals surface area contributed by atoms with Gasteiger partial charge in [0.1, 0.15) is 0 Å². The zero-order valence-electron chi connectivity index (χ0n) is 26.4. The van der Waals surface area contributed by atoms with Gasteiger partial charge in [-0.15, -0.1) is 11.1 Å². The van der Waals surface area contributed by atoms with Gasteiger partial charge in [0.05, 0.1) is 0 Å². The second-order valence-electron chi connectivity index (χ2n) is 12.9. The zero-order chi connectivity index (χ0) is 29.6. The second kappa shape index (κ2) is 16.0. The first-order valence-electron chi connectivity index (χ1n) is 14.5. The van der Waals surface area contributed by atoms with E-state index in [1.165, 1.54) is 77.5 Å². The van der Waals surface area contributed by atoms with Crippen molar-refractivity contribution in [3.63, 3.8) is 0 Å². The Kier molecular flexibility index (Phi) is 13.7. The van der Waals surface area contributed by atoms with Crippen molar-refractivity contribution < 1.29 is 49.0 Å². The standard InChI is InChI=1S/C21H25.C13H10.C6H7.2ClH.Zr/c1-20(2,3)16-7-9-18-14(12-16)11-15-13-17(21(4,5)6)8-10-19(15)18;1-3-7-12(8-4-1)11-13-9-5-2-6-10-13;1-6-4-2-3-5-6;;;/h7-10,12H,11H2,1-6H3;1-10H;2-5H,1H3;2*1H;/q-1;;-1;;;+2/p-2. The molecule has 0 aliphatic heterocycles. The molecule has 0 heterocycles. The van der Waals surface area contributed by atoms with E-state index in [9.17, 15) is 0 Å². The summed E-state index contributed by atoms with van der Waals surface area (Å²) in [7, 11) is 0. The minimum absolute atomic E-state index is 0. The molecular formula is C40H42Cl2Zr-2. The van der Waals surface area contributed by atoms with Crippen LogP contribution in [0.5, 0.6) is 0 Å². The van der Waals surface area contributed by atoms with Gasteiger partial charge in [0.2, 0.25) is 0 Å². The SMILES string of the molecule is CC(C)(C)c1[c-]c2c(cc1)-c1ccc(C(C)(C)C)cc1C2.Cc1cc[cH-]c1.[Cl-].[Cl-].[Zr+2]=[C](c1ccccc1)c1ccccc1. The van der Waals surface area contributed by atoms with E-state index in [0.717, 1.165) is 6.42 Å². The maximum atomic E-state index is 3.67. The molecule has 0 fully saturated rings. The van der Waals surface area contributed by atoms with Gasteiger partial charge in [0, 0.05) is 0 Å². The van der Waals surface area contributed by atoms with E-state index < -0.39 is 0 Å². The third-order valence-electron chi connectivity index (χ3n) is 7.42. The molecule has 0 saturated carbocycles. The fourth-order valence-corrected chi connectivity index (χ4v) is 5.69. The van der Waals surface area contributed by atoms with Crippen molar-refractivity contribution in [1.29, 1.82) is 0 Å². The Morgan fingerprint density at radius 1 is 0.698 bits per heavy atom. The van der Waals surface area contributed by atoms with E-state index in [-0.39, 0.29) is 35.6 Å². The quantitative estimate of drug-likeness (QED) is 0.241. The molecule has 0 bridgehead atoms. The molecule has 0 atom stereocenters. The van der Waals surface area contributed by atoms with Crippen LogP contribution in [0.3, 0.4) is 0 Å². The second-order valence-corrected chi connectivity index (χ2v) is 14.1. The van der Waals surface area contributed by atoms with Crippen molar-refractivity contribution in [2.45, 2.75) is 65.7 Å². The molecule has 222 valence electrons. The molecule has 1 aliphatic rings. The Balaban J connectivity index is 0.000000253. The molecule has 0 nitrogen and oxygen atoms in total. The number of halogens is 2. The van der Waals surface area contributed by atoms with Crippen LogP contribution in [0, 0.1) is 13.0 Å². The van der Waals surface area contributed by atoms with Crippen LogP contribution < -0.4 is 24.8 Å². The van der Waals surface area contributed by atoms with Crippen molar-refractivity contribution in [3.05, 3.63) is 160 Å². The number of benzene rings is 4. The van der Waals surface area contributed by atoms with Crippen LogP contribution in [0.2, 0.25) is 0 Å². The van der Waals surface area contributed by atoms with Gasteiger partial charge in [-0.3, -0.25) is 0 Å². The molecule has 43 heavy (non-hydrogen) atoms. The van der Waals surface area contributed by atoms with Crippen molar-refractivity contribution in [2.24, 2.45) is 0 Å². The van der Waals surface area contributed by atoms with Crippen LogP contribution in [0.1, 0.15) is 80.5 Å². The summed E-state index contributed by atoms with van der Waals surface area (Å²) in [6.45, 7) is 15.7. The first-order valence-corrected chi connectivity index (χ1v) is 15.7. The first-order chi connectivity index (χ1) is 19.4. The van der Waals surface area contributed by atoms with Crippen LogP contribution in [-0.4, -0.2) is 3.21 Å². The Hall–Kier alpha value is -2.44. The summed E-state index contributed by atoms with van der Waals surface area (Å²) >= 11 is 1.46. The number of aryl methyl sites for hydroxylation is 1. The summed E-state index contributed by atoms with van der Waals surface area (Å²) < 4.78 is 1.42. The van der Waals surface area contributed by atoms with E-state index in [1.54, 1.807) is 0 Å². The third kappa shape index (κ3) is 10.0. The average Bonchev–Trinajstić information content (AvgIpc) is 3.59. The molecule has 5 aromatic rings. The van der Waals surface area contributed by atoms with E-state index >= 15 is 0 Å². The van der Waals surface area contributed by atoms with Gasteiger partial charge in [-0.1, -0.05) is 72.2 Å². The monoisotopic (exact) mass is 682 g/mol. The molecule has 0 spiro atoms. The third-order valence-corrected chi connectivity index (χ3v) is 8.84. The molecular weight excluding hydrogens is 643 g/mol.